The third-order valence-electron chi connectivity index (χ3n) is 5.81. The molecule has 3 heteroatoms. The molecule has 1 N–H and O–H groups in total. The highest BCUT2D eigenvalue weighted by molar-refractivity contribution is 6.88. The van der Waals surface area contributed by atoms with Crippen molar-refractivity contribution < 1.29 is 0 Å². The maximum absolute atomic E-state index is 3.59. The van der Waals surface area contributed by atoms with E-state index in [-0.39, 0.29) is 0 Å². The van der Waals surface area contributed by atoms with Crippen LogP contribution in [0.4, 0.5) is 28.4 Å². The van der Waals surface area contributed by atoms with Crippen molar-refractivity contribution in [3.05, 3.63) is 108 Å². The molecule has 0 aromatic heterocycles. The summed E-state index contributed by atoms with van der Waals surface area (Å²) < 4.78 is 0. The first-order valence-corrected chi connectivity index (χ1v) is 14.7. The van der Waals surface area contributed by atoms with Gasteiger partial charge in [-0.1, -0.05) is 78.9 Å². The van der Waals surface area contributed by atoms with Crippen molar-refractivity contribution in [3.63, 3.8) is 0 Å². The van der Waals surface area contributed by atoms with Gasteiger partial charge in [0.2, 0.25) is 0 Å². The lowest BCUT2D eigenvalue weighted by Gasteiger charge is -2.27. The predicted octanol–water partition coefficient (Wildman–Crippen LogP) is 8.06. The van der Waals surface area contributed by atoms with E-state index in [1.807, 2.05) is 0 Å². The van der Waals surface area contributed by atoms with E-state index in [9.17, 15) is 0 Å². The van der Waals surface area contributed by atoms with Crippen molar-refractivity contribution in [2.45, 2.75) is 33.5 Å². The van der Waals surface area contributed by atoms with Gasteiger partial charge in [-0.3, -0.25) is 0 Å². The first-order chi connectivity index (χ1) is 15.3. The first-order valence-electron chi connectivity index (χ1n) is 11.2. The quantitative estimate of drug-likeness (QED) is 0.307. The fraction of sp³-hybridized carbons (Fsp3) is 0.172. The van der Waals surface area contributed by atoms with E-state index >= 15 is 0 Å². The van der Waals surface area contributed by atoms with Gasteiger partial charge in [-0.2, -0.15) is 0 Å². The lowest BCUT2D eigenvalue weighted by molar-refractivity contribution is 1.27. The SMILES string of the molecule is Cc1ccc(N(c2ccc([Si](C)(C)C)cc2)c2cccc(Nc3ccccc3C)c2)cc1. The molecule has 4 rings (SSSR count). The van der Waals surface area contributed by atoms with E-state index in [0.29, 0.717) is 0 Å². The molecule has 32 heavy (non-hydrogen) atoms. The summed E-state index contributed by atoms with van der Waals surface area (Å²) in [6.07, 6.45) is 0. The van der Waals surface area contributed by atoms with Crippen LogP contribution in [-0.4, -0.2) is 8.07 Å². The molecule has 4 aromatic carbocycles. The Morgan fingerprint density at radius 1 is 0.625 bits per heavy atom. The molecule has 0 atom stereocenters. The van der Waals surface area contributed by atoms with Gasteiger partial charge >= 0.3 is 0 Å². The van der Waals surface area contributed by atoms with Crippen LogP contribution >= 0.6 is 0 Å². The van der Waals surface area contributed by atoms with E-state index < -0.39 is 8.07 Å². The van der Waals surface area contributed by atoms with Crippen LogP contribution in [0.1, 0.15) is 11.1 Å². The Morgan fingerprint density at radius 3 is 1.88 bits per heavy atom. The summed E-state index contributed by atoms with van der Waals surface area (Å²) in [5, 5.41) is 5.06. The summed E-state index contributed by atoms with van der Waals surface area (Å²) in [5.74, 6) is 0. The smallest absolute Gasteiger partial charge is 0.0775 e. The second-order valence-electron chi connectivity index (χ2n) is 9.46. The number of rotatable bonds is 6. The number of hydrogen-bond acceptors (Lipinski definition) is 2. The van der Waals surface area contributed by atoms with Crippen LogP contribution in [0.25, 0.3) is 0 Å². The highest BCUT2D eigenvalue weighted by Crippen LogP contribution is 2.36. The van der Waals surface area contributed by atoms with Crippen molar-refractivity contribution in [2.24, 2.45) is 0 Å². The molecule has 0 aliphatic carbocycles. The lowest BCUT2D eigenvalue weighted by Crippen LogP contribution is -2.37. The number of nitrogens with one attached hydrogen (secondary N) is 1. The Hall–Kier alpha value is -3.30. The third kappa shape index (κ3) is 4.95. The van der Waals surface area contributed by atoms with Crippen LogP contribution in [0.2, 0.25) is 19.6 Å². The summed E-state index contributed by atoms with van der Waals surface area (Å²) in [4.78, 5) is 2.33. The molecule has 0 unspecified atom stereocenters. The molecule has 0 radical (unpaired) electrons. The molecule has 0 saturated heterocycles. The minimum Gasteiger partial charge on any atom is -0.355 e. The Bertz CT molecular complexity index is 1190. The van der Waals surface area contributed by atoms with E-state index in [1.54, 1.807) is 0 Å². The monoisotopic (exact) mass is 436 g/mol. The largest absolute Gasteiger partial charge is 0.355 e. The van der Waals surface area contributed by atoms with Crippen LogP contribution in [0.5, 0.6) is 0 Å². The molecule has 0 aliphatic rings. The lowest BCUT2D eigenvalue weighted by atomic mass is 10.1. The molecule has 2 nitrogen and oxygen atoms in total. The Balaban J connectivity index is 1.75. The van der Waals surface area contributed by atoms with E-state index in [2.05, 4.69) is 141 Å². The normalized spacial score (nSPS) is 11.3. The second kappa shape index (κ2) is 9.05. The fourth-order valence-corrected chi connectivity index (χ4v) is 5.01. The first kappa shape index (κ1) is 21.9. The molecule has 0 aliphatic heterocycles. The van der Waals surface area contributed by atoms with Crippen LogP contribution < -0.4 is 15.4 Å². The third-order valence-corrected chi connectivity index (χ3v) is 7.88. The zero-order valence-corrected chi connectivity index (χ0v) is 20.7. The van der Waals surface area contributed by atoms with Gasteiger partial charge in [0.1, 0.15) is 0 Å². The number of anilines is 5. The molecular weight excluding hydrogens is 404 g/mol. The summed E-state index contributed by atoms with van der Waals surface area (Å²) in [5.41, 5.74) is 8.16. The number of nitrogens with zero attached hydrogens (tertiary/aromatic N) is 1. The van der Waals surface area contributed by atoms with Gasteiger partial charge in [0.25, 0.3) is 0 Å². The number of para-hydroxylation sites is 1. The average molecular weight is 437 g/mol. The highest BCUT2D eigenvalue weighted by Gasteiger charge is 2.18. The molecule has 0 spiro atoms. The minimum absolute atomic E-state index is 1.08. The van der Waals surface area contributed by atoms with Crippen molar-refractivity contribution in [1.82, 2.24) is 0 Å². The van der Waals surface area contributed by atoms with E-state index in [0.717, 1.165) is 22.7 Å². The fourth-order valence-electron chi connectivity index (χ4n) is 3.84. The molecule has 0 saturated carbocycles. The zero-order valence-electron chi connectivity index (χ0n) is 19.7. The van der Waals surface area contributed by atoms with Crippen LogP contribution in [-0.2, 0) is 0 Å². The van der Waals surface area contributed by atoms with Gasteiger partial charge < -0.3 is 10.2 Å². The molecule has 0 amide bonds. The molecule has 4 aromatic rings. The predicted molar refractivity (Wildman–Crippen MR) is 143 cm³/mol. The van der Waals surface area contributed by atoms with Crippen molar-refractivity contribution in [2.75, 3.05) is 10.2 Å². The molecule has 0 bridgehead atoms. The Kier molecular flexibility index (Phi) is 6.20. The minimum atomic E-state index is -1.34. The number of benzene rings is 4. The average Bonchev–Trinajstić information content (AvgIpc) is 2.77. The van der Waals surface area contributed by atoms with Crippen molar-refractivity contribution >= 4 is 41.7 Å². The maximum atomic E-state index is 3.59. The topological polar surface area (TPSA) is 15.3 Å². The Morgan fingerprint density at radius 2 is 1.25 bits per heavy atom. The van der Waals surface area contributed by atoms with Gasteiger partial charge in [0, 0.05) is 28.4 Å². The van der Waals surface area contributed by atoms with E-state index in [1.165, 1.54) is 22.0 Å². The number of hydrogen-bond donors (Lipinski definition) is 1. The maximum Gasteiger partial charge on any atom is 0.0775 e. The van der Waals surface area contributed by atoms with Crippen LogP contribution in [0, 0.1) is 13.8 Å². The van der Waals surface area contributed by atoms with E-state index in [4.69, 9.17) is 0 Å². The summed E-state index contributed by atoms with van der Waals surface area (Å²) >= 11 is 0. The molecule has 162 valence electrons. The summed E-state index contributed by atoms with van der Waals surface area (Å²) in [6.45, 7) is 11.4. The van der Waals surface area contributed by atoms with Gasteiger partial charge in [-0.15, -0.1) is 0 Å². The van der Waals surface area contributed by atoms with Crippen LogP contribution in [0.3, 0.4) is 0 Å². The van der Waals surface area contributed by atoms with Crippen molar-refractivity contribution in [1.29, 1.82) is 0 Å². The summed E-state index contributed by atoms with van der Waals surface area (Å²) in [7, 11) is -1.34. The second-order valence-corrected chi connectivity index (χ2v) is 14.5. The van der Waals surface area contributed by atoms with Crippen LogP contribution in [0.15, 0.2) is 97.1 Å². The highest BCUT2D eigenvalue weighted by atomic mass is 28.3. The Labute approximate surface area is 193 Å². The van der Waals surface area contributed by atoms with Gasteiger partial charge in [-0.25, -0.2) is 0 Å². The number of aryl methyl sites for hydroxylation is 2. The van der Waals surface area contributed by atoms with Crippen molar-refractivity contribution in [3.8, 4) is 0 Å². The van der Waals surface area contributed by atoms with Gasteiger partial charge in [0.05, 0.1) is 8.07 Å². The van der Waals surface area contributed by atoms with Gasteiger partial charge in [-0.05, 0) is 67.9 Å². The zero-order chi connectivity index (χ0) is 22.7. The standard InChI is InChI=1S/C29H32N2Si/c1-22-13-15-25(16-14-22)31(26-17-19-28(20-18-26)32(3,4)5)27-11-8-10-24(21-27)30-29-12-7-6-9-23(29)2/h6-21,30H,1-5H3. The molecule has 0 fully saturated rings. The summed E-state index contributed by atoms with van der Waals surface area (Å²) in [6, 6.07) is 34.9. The molecule has 0 heterocycles. The molecular formula is C29H32N2Si. The van der Waals surface area contributed by atoms with Gasteiger partial charge in [0.15, 0.2) is 0 Å².